The Kier molecular flexibility index (Phi) is 5.03. The molecular formula is C21H22FN3O2S. The number of hydrogen-bond donors (Lipinski definition) is 1. The van der Waals surface area contributed by atoms with E-state index in [1.807, 2.05) is 6.07 Å². The van der Waals surface area contributed by atoms with Crippen molar-refractivity contribution in [3.05, 3.63) is 83.2 Å². The smallest absolute Gasteiger partial charge is 0.241 e. The first-order valence-electron chi connectivity index (χ1n) is 9.31. The van der Waals surface area contributed by atoms with Gasteiger partial charge in [0.05, 0.1) is 4.90 Å². The maximum atomic E-state index is 13.8. The van der Waals surface area contributed by atoms with Gasteiger partial charge in [0.25, 0.3) is 0 Å². The Balaban J connectivity index is 1.73. The molecule has 0 spiro atoms. The number of benzene rings is 2. The van der Waals surface area contributed by atoms with E-state index in [0.717, 1.165) is 31.2 Å². The quantitative estimate of drug-likeness (QED) is 0.714. The highest BCUT2D eigenvalue weighted by Gasteiger charge is 2.26. The highest BCUT2D eigenvalue weighted by molar-refractivity contribution is 7.89. The maximum absolute atomic E-state index is 13.8. The Morgan fingerprint density at radius 2 is 1.89 bits per heavy atom. The molecule has 0 bridgehead atoms. The van der Waals surface area contributed by atoms with Gasteiger partial charge >= 0.3 is 0 Å². The second-order valence-corrected chi connectivity index (χ2v) is 8.86. The van der Waals surface area contributed by atoms with E-state index >= 15 is 0 Å². The molecule has 0 aliphatic heterocycles. The highest BCUT2D eigenvalue weighted by Crippen LogP contribution is 2.27. The molecule has 1 unspecified atom stereocenters. The number of sulfonamides is 1. The molecule has 3 aromatic rings. The van der Waals surface area contributed by atoms with Crippen LogP contribution in [0.25, 0.3) is 0 Å². The molecule has 146 valence electrons. The summed E-state index contributed by atoms with van der Waals surface area (Å²) in [5.41, 5.74) is 2.81. The first kappa shape index (κ1) is 18.8. The number of rotatable bonds is 5. The number of aryl methyl sites for hydroxylation is 3. The predicted molar refractivity (Wildman–Crippen MR) is 105 cm³/mol. The Bertz CT molecular complexity index is 1110. The SMILES string of the molecule is Cn1ccnc1C(NS(=O)(=O)c1ccc2c(c1)CCCC2)c1cccc(F)c1. The van der Waals surface area contributed by atoms with E-state index in [1.165, 1.54) is 17.7 Å². The van der Waals surface area contributed by atoms with Gasteiger partial charge in [0.2, 0.25) is 10.0 Å². The number of fused-ring (bicyclic) bond motifs is 1. The lowest BCUT2D eigenvalue weighted by Gasteiger charge is -2.21. The molecule has 1 aromatic heterocycles. The fourth-order valence-corrected chi connectivity index (χ4v) is 4.94. The summed E-state index contributed by atoms with van der Waals surface area (Å²) in [7, 11) is -2.04. The largest absolute Gasteiger partial charge is 0.336 e. The van der Waals surface area contributed by atoms with Crippen LogP contribution in [0.2, 0.25) is 0 Å². The summed E-state index contributed by atoms with van der Waals surface area (Å²) >= 11 is 0. The number of halogens is 1. The Hall–Kier alpha value is -2.51. The van der Waals surface area contributed by atoms with E-state index in [0.29, 0.717) is 11.4 Å². The van der Waals surface area contributed by atoms with Crippen molar-refractivity contribution in [1.29, 1.82) is 0 Å². The van der Waals surface area contributed by atoms with Gasteiger partial charge < -0.3 is 4.57 Å². The number of hydrogen-bond acceptors (Lipinski definition) is 3. The Morgan fingerprint density at radius 3 is 2.61 bits per heavy atom. The third-order valence-corrected chi connectivity index (χ3v) is 6.62. The molecule has 5 nitrogen and oxygen atoms in total. The van der Waals surface area contributed by atoms with Crippen molar-refractivity contribution in [2.75, 3.05) is 0 Å². The van der Waals surface area contributed by atoms with E-state index in [-0.39, 0.29) is 4.90 Å². The molecule has 0 fully saturated rings. The summed E-state index contributed by atoms with van der Waals surface area (Å²) in [5.74, 6) is 0.0665. The lowest BCUT2D eigenvalue weighted by atomic mass is 9.92. The summed E-state index contributed by atoms with van der Waals surface area (Å²) in [6.07, 6.45) is 7.42. The number of nitrogens with zero attached hydrogens (tertiary/aromatic N) is 2. The van der Waals surface area contributed by atoms with Crippen LogP contribution in [0.4, 0.5) is 4.39 Å². The molecule has 0 saturated heterocycles. The molecule has 7 heteroatoms. The molecule has 1 heterocycles. The molecule has 1 aliphatic rings. The number of nitrogens with one attached hydrogen (secondary N) is 1. The molecule has 1 atom stereocenters. The summed E-state index contributed by atoms with van der Waals surface area (Å²) in [5, 5.41) is 0. The van der Waals surface area contributed by atoms with Gasteiger partial charge in [0.15, 0.2) is 0 Å². The van der Waals surface area contributed by atoms with Crippen LogP contribution >= 0.6 is 0 Å². The minimum absolute atomic E-state index is 0.226. The van der Waals surface area contributed by atoms with E-state index in [9.17, 15) is 12.8 Å². The molecular weight excluding hydrogens is 377 g/mol. The van der Waals surface area contributed by atoms with Crippen LogP contribution in [-0.2, 0) is 29.9 Å². The van der Waals surface area contributed by atoms with Crippen molar-refractivity contribution in [2.24, 2.45) is 7.05 Å². The molecule has 1 N–H and O–H groups in total. The minimum atomic E-state index is -3.82. The van der Waals surface area contributed by atoms with Gasteiger partial charge in [-0.1, -0.05) is 18.2 Å². The van der Waals surface area contributed by atoms with Crippen molar-refractivity contribution < 1.29 is 12.8 Å². The zero-order valence-corrected chi connectivity index (χ0v) is 16.4. The molecule has 1 aliphatic carbocycles. The van der Waals surface area contributed by atoms with E-state index in [2.05, 4.69) is 9.71 Å². The Morgan fingerprint density at radius 1 is 1.11 bits per heavy atom. The second kappa shape index (κ2) is 7.48. The summed E-state index contributed by atoms with van der Waals surface area (Å²) in [6.45, 7) is 0. The van der Waals surface area contributed by atoms with Crippen molar-refractivity contribution in [1.82, 2.24) is 14.3 Å². The van der Waals surface area contributed by atoms with E-state index < -0.39 is 21.9 Å². The lowest BCUT2D eigenvalue weighted by Crippen LogP contribution is -2.31. The number of imidazole rings is 1. The van der Waals surface area contributed by atoms with Crippen LogP contribution < -0.4 is 4.72 Å². The fourth-order valence-electron chi connectivity index (χ4n) is 3.71. The van der Waals surface area contributed by atoms with Crippen LogP contribution in [0.1, 0.15) is 41.4 Å². The van der Waals surface area contributed by atoms with Crippen molar-refractivity contribution in [2.45, 2.75) is 36.6 Å². The molecule has 4 rings (SSSR count). The fraction of sp³-hybridized carbons (Fsp3) is 0.286. The van der Waals surface area contributed by atoms with Gasteiger partial charge in [-0.15, -0.1) is 0 Å². The topological polar surface area (TPSA) is 64.0 Å². The normalized spacial score (nSPS) is 15.2. The van der Waals surface area contributed by atoms with Gasteiger partial charge in [-0.05, 0) is 66.6 Å². The second-order valence-electron chi connectivity index (χ2n) is 7.14. The van der Waals surface area contributed by atoms with Crippen LogP contribution in [0.15, 0.2) is 59.8 Å². The van der Waals surface area contributed by atoms with Gasteiger partial charge in [-0.25, -0.2) is 17.8 Å². The van der Waals surface area contributed by atoms with Crippen molar-refractivity contribution >= 4 is 10.0 Å². The monoisotopic (exact) mass is 399 g/mol. The predicted octanol–water partition coefficient (Wildman–Crippen LogP) is 3.51. The summed E-state index contributed by atoms with van der Waals surface area (Å²) in [4.78, 5) is 4.51. The van der Waals surface area contributed by atoms with Crippen LogP contribution in [-0.4, -0.2) is 18.0 Å². The third-order valence-electron chi connectivity index (χ3n) is 5.20. The standard InChI is InChI=1S/C21H22FN3O2S/c1-25-12-11-23-21(25)20(17-7-4-8-18(22)13-17)24-28(26,27)19-10-9-15-5-2-3-6-16(15)14-19/h4,7-14,20,24H,2-3,5-6H2,1H3. The van der Waals surface area contributed by atoms with Gasteiger partial charge in [-0.3, -0.25) is 0 Å². The van der Waals surface area contributed by atoms with Crippen molar-refractivity contribution in [3.63, 3.8) is 0 Å². The average molecular weight is 399 g/mol. The summed E-state index contributed by atoms with van der Waals surface area (Å²) < 4.78 is 44.6. The third kappa shape index (κ3) is 3.72. The molecule has 0 amide bonds. The first-order valence-corrected chi connectivity index (χ1v) is 10.8. The average Bonchev–Trinajstić information content (AvgIpc) is 3.11. The molecule has 28 heavy (non-hydrogen) atoms. The molecule has 0 radical (unpaired) electrons. The van der Waals surface area contributed by atoms with E-state index in [4.69, 9.17) is 0 Å². The molecule has 0 saturated carbocycles. The van der Waals surface area contributed by atoms with E-state index in [1.54, 1.807) is 48.3 Å². The zero-order chi connectivity index (χ0) is 19.7. The van der Waals surface area contributed by atoms with Gasteiger partial charge in [-0.2, -0.15) is 4.72 Å². The van der Waals surface area contributed by atoms with Crippen LogP contribution in [0.5, 0.6) is 0 Å². The Labute approximate surface area is 164 Å². The van der Waals surface area contributed by atoms with Gasteiger partial charge in [0, 0.05) is 19.4 Å². The van der Waals surface area contributed by atoms with Gasteiger partial charge in [0.1, 0.15) is 17.7 Å². The zero-order valence-electron chi connectivity index (χ0n) is 15.6. The molecule has 2 aromatic carbocycles. The van der Waals surface area contributed by atoms with Crippen LogP contribution in [0.3, 0.4) is 0 Å². The minimum Gasteiger partial charge on any atom is -0.336 e. The first-order chi connectivity index (χ1) is 13.4. The van der Waals surface area contributed by atoms with Crippen molar-refractivity contribution in [3.8, 4) is 0 Å². The highest BCUT2D eigenvalue weighted by atomic mass is 32.2. The maximum Gasteiger partial charge on any atom is 0.241 e. The van der Waals surface area contributed by atoms with Crippen LogP contribution in [0, 0.1) is 5.82 Å². The summed E-state index contributed by atoms with van der Waals surface area (Å²) in [6, 6.07) is 10.4. The number of aromatic nitrogens is 2. The lowest BCUT2D eigenvalue weighted by molar-refractivity contribution is 0.560.